The molecule has 0 saturated heterocycles. The van der Waals surface area contributed by atoms with E-state index in [4.69, 9.17) is 13.9 Å². The lowest BCUT2D eigenvalue weighted by Gasteiger charge is -2.19. The van der Waals surface area contributed by atoms with Crippen LogP contribution in [0.4, 0.5) is 21.8 Å². The second kappa shape index (κ2) is 6.60. The SMILES string of the molecule is Fc1cnc(/N=C\c2ccoc2)nc1Nc1ccc2c(c1)OCCO2. The molecule has 1 aliphatic rings. The number of benzene rings is 1. The summed E-state index contributed by atoms with van der Waals surface area (Å²) in [6.07, 6.45) is 5.66. The maximum absolute atomic E-state index is 14.0. The van der Waals surface area contributed by atoms with E-state index in [-0.39, 0.29) is 11.8 Å². The Bertz CT molecular complexity index is 912. The zero-order chi connectivity index (χ0) is 17.1. The van der Waals surface area contributed by atoms with Crippen molar-refractivity contribution >= 4 is 23.7 Å². The first-order chi connectivity index (χ1) is 12.3. The number of fused-ring (bicyclic) bond motifs is 1. The van der Waals surface area contributed by atoms with Crippen LogP contribution in [0.2, 0.25) is 0 Å². The Balaban J connectivity index is 1.56. The molecule has 0 bridgehead atoms. The molecule has 0 saturated carbocycles. The fraction of sp³-hybridized carbons (Fsp3) is 0.118. The average molecular weight is 340 g/mol. The van der Waals surface area contributed by atoms with Gasteiger partial charge in [0.1, 0.15) is 13.2 Å². The van der Waals surface area contributed by atoms with Crippen molar-refractivity contribution in [3.05, 3.63) is 54.4 Å². The van der Waals surface area contributed by atoms with Crippen molar-refractivity contribution in [1.29, 1.82) is 0 Å². The van der Waals surface area contributed by atoms with Gasteiger partial charge in [-0.1, -0.05) is 0 Å². The van der Waals surface area contributed by atoms with Crippen LogP contribution < -0.4 is 14.8 Å². The summed E-state index contributed by atoms with van der Waals surface area (Å²) >= 11 is 0. The minimum absolute atomic E-state index is 0.0195. The summed E-state index contributed by atoms with van der Waals surface area (Å²) in [7, 11) is 0. The number of anilines is 2. The van der Waals surface area contributed by atoms with Gasteiger partial charge < -0.3 is 19.2 Å². The van der Waals surface area contributed by atoms with E-state index in [1.807, 2.05) is 0 Å². The van der Waals surface area contributed by atoms with E-state index in [2.05, 4.69) is 20.3 Å². The molecule has 3 heterocycles. The third-order valence-electron chi connectivity index (χ3n) is 3.41. The first kappa shape index (κ1) is 15.1. The summed E-state index contributed by atoms with van der Waals surface area (Å²) < 4.78 is 29.9. The Kier molecular flexibility index (Phi) is 3.99. The fourth-order valence-corrected chi connectivity index (χ4v) is 2.25. The molecule has 7 nitrogen and oxygen atoms in total. The Morgan fingerprint density at radius 2 is 2.04 bits per heavy atom. The quantitative estimate of drug-likeness (QED) is 0.732. The third-order valence-corrected chi connectivity index (χ3v) is 3.41. The molecule has 0 atom stereocenters. The monoisotopic (exact) mass is 340 g/mol. The zero-order valence-electron chi connectivity index (χ0n) is 13.0. The Morgan fingerprint density at radius 1 is 1.16 bits per heavy atom. The predicted octanol–water partition coefficient (Wildman–Crippen LogP) is 3.47. The van der Waals surface area contributed by atoms with Crippen molar-refractivity contribution in [1.82, 2.24) is 9.97 Å². The fourth-order valence-electron chi connectivity index (χ4n) is 2.25. The van der Waals surface area contributed by atoms with E-state index >= 15 is 0 Å². The maximum Gasteiger partial charge on any atom is 0.251 e. The second-order valence-electron chi connectivity index (χ2n) is 5.16. The molecule has 3 aromatic rings. The van der Waals surface area contributed by atoms with E-state index in [9.17, 15) is 4.39 Å². The van der Waals surface area contributed by atoms with Crippen LogP contribution in [-0.4, -0.2) is 29.4 Å². The smallest absolute Gasteiger partial charge is 0.251 e. The molecular weight excluding hydrogens is 327 g/mol. The van der Waals surface area contributed by atoms with Gasteiger partial charge in [-0.15, -0.1) is 0 Å². The van der Waals surface area contributed by atoms with Gasteiger partial charge in [0.2, 0.25) is 0 Å². The van der Waals surface area contributed by atoms with E-state index in [1.165, 1.54) is 18.7 Å². The summed E-state index contributed by atoms with van der Waals surface area (Å²) in [5, 5.41) is 2.90. The molecular formula is C17H13FN4O3. The number of aliphatic imine (C=N–C) groups is 1. The number of furan rings is 1. The van der Waals surface area contributed by atoms with Crippen molar-refractivity contribution < 1.29 is 18.3 Å². The van der Waals surface area contributed by atoms with E-state index < -0.39 is 5.82 Å². The molecule has 0 radical (unpaired) electrons. The van der Waals surface area contributed by atoms with Gasteiger partial charge in [0.05, 0.1) is 18.7 Å². The lowest BCUT2D eigenvalue weighted by Crippen LogP contribution is -2.15. The number of nitrogens with one attached hydrogen (secondary N) is 1. The molecule has 0 aliphatic carbocycles. The van der Waals surface area contributed by atoms with Crippen LogP contribution in [-0.2, 0) is 0 Å². The van der Waals surface area contributed by atoms with Crippen LogP contribution in [0.5, 0.6) is 11.5 Å². The van der Waals surface area contributed by atoms with Gasteiger partial charge >= 0.3 is 0 Å². The molecule has 0 unspecified atom stereocenters. The first-order valence-corrected chi connectivity index (χ1v) is 7.53. The minimum Gasteiger partial charge on any atom is -0.486 e. The summed E-state index contributed by atoms with van der Waals surface area (Å²) in [6.45, 7) is 0.990. The van der Waals surface area contributed by atoms with Gasteiger partial charge in [0.15, 0.2) is 23.1 Å². The number of aromatic nitrogens is 2. The molecule has 8 heteroatoms. The topological polar surface area (TPSA) is 81.8 Å². The van der Waals surface area contributed by atoms with Gasteiger partial charge in [0, 0.05) is 23.5 Å². The molecule has 25 heavy (non-hydrogen) atoms. The average Bonchev–Trinajstić information content (AvgIpc) is 3.16. The van der Waals surface area contributed by atoms with Gasteiger partial charge in [-0.2, -0.15) is 4.98 Å². The molecule has 1 aromatic carbocycles. The number of hydrogen-bond donors (Lipinski definition) is 1. The number of hydrogen-bond acceptors (Lipinski definition) is 7. The highest BCUT2D eigenvalue weighted by atomic mass is 19.1. The van der Waals surface area contributed by atoms with Crippen molar-refractivity contribution in [3.63, 3.8) is 0 Å². The normalized spacial score (nSPS) is 13.2. The van der Waals surface area contributed by atoms with E-state index in [0.717, 1.165) is 11.8 Å². The zero-order valence-corrected chi connectivity index (χ0v) is 13.0. The third kappa shape index (κ3) is 3.42. The van der Waals surface area contributed by atoms with Gasteiger partial charge in [-0.05, 0) is 18.2 Å². The van der Waals surface area contributed by atoms with Crippen molar-refractivity contribution in [3.8, 4) is 11.5 Å². The number of nitrogens with zero attached hydrogens (tertiary/aromatic N) is 3. The summed E-state index contributed by atoms with van der Waals surface area (Å²) in [5.74, 6) is 0.820. The van der Waals surface area contributed by atoms with E-state index in [1.54, 1.807) is 24.3 Å². The van der Waals surface area contributed by atoms with Crippen LogP contribution in [0.3, 0.4) is 0 Å². The molecule has 2 aromatic heterocycles. The van der Waals surface area contributed by atoms with Gasteiger partial charge in [-0.25, -0.2) is 14.4 Å². The molecule has 1 N–H and O–H groups in total. The highest BCUT2D eigenvalue weighted by Crippen LogP contribution is 2.33. The van der Waals surface area contributed by atoms with Crippen molar-refractivity contribution in [2.24, 2.45) is 4.99 Å². The number of halogens is 1. The highest BCUT2D eigenvalue weighted by Gasteiger charge is 2.13. The lowest BCUT2D eigenvalue weighted by molar-refractivity contribution is 0.171. The lowest BCUT2D eigenvalue weighted by atomic mass is 10.2. The molecule has 0 fully saturated rings. The number of rotatable bonds is 4. The van der Waals surface area contributed by atoms with E-state index in [0.29, 0.717) is 30.4 Å². The summed E-state index contributed by atoms with van der Waals surface area (Å²) in [4.78, 5) is 12.0. The molecule has 0 spiro atoms. The first-order valence-electron chi connectivity index (χ1n) is 7.53. The number of ether oxygens (including phenoxy) is 2. The second-order valence-corrected chi connectivity index (χ2v) is 5.16. The highest BCUT2D eigenvalue weighted by molar-refractivity contribution is 5.80. The van der Waals surface area contributed by atoms with Crippen LogP contribution in [0.25, 0.3) is 0 Å². The maximum atomic E-state index is 14.0. The van der Waals surface area contributed by atoms with Crippen molar-refractivity contribution in [2.75, 3.05) is 18.5 Å². The van der Waals surface area contributed by atoms with Crippen LogP contribution in [0.1, 0.15) is 5.56 Å². The summed E-state index contributed by atoms with van der Waals surface area (Å²) in [5.41, 5.74) is 1.38. The van der Waals surface area contributed by atoms with Crippen LogP contribution in [0, 0.1) is 5.82 Å². The largest absolute Gasteiger partial charge is 0.486 e. The van der Waals surface area contributed by atoms with Gasteiger partial charge in [-0.3, -0.25) is 0 Å². The van der Waals surface area contributed by atoms with Gasteiger partial charge in [0.25, 0.3) is 5.95 Å². The Hall–Kier alpha value is -3.42. The predicted molar refractivity (Wildman–Crippen MR) is 88.7 cm³/mol. The molecule has 0 amide bonds. The summed E-state index contributed by atoms with van der Waals surface area (Å²) in [6, 6.07) is 6.98. The standard InChI is InChI=1S/C17H13FN4O3/c18-13-9-20-17(19-8-11-3-4-23-10-11)22-16(13)21-12-1-2-14-15(7-12)25-6-5-24-14/h1-4,7-10H,5-6H2,(H,20,21,22)/b19-8-. The molecule has 1 aliphatic heterocycles. The van der Waals surface area contributed by atoms with Crippen LogP contribution >= 0.6 is 0 Å². The Morgan fingerprint density at radius 3 is 2.88 bits per heavy atom. The Labute approximate surface area is 142 Å². The molecule has 4 rings (SSSR count). The van der Waals surface area contributed by atoms with Crippen LogP contribution in [0.15, 0.2) is 52.4 Å². The molecule has 126 valence electrons. The minimum atomic E-state index is -0.586. The van der Waals surface area contributed by atoms with Crippen molar-refractivity contribution in [2.45, 2.75) is 0 Å².